The number of nitrogens with one attached hydrogen (secondary N) is 2. The van der Waals surface area contributed by atoms with Crippen molar-refractivity contribution in [1.82, 2.24) is 15.3 Å². The SMILES string of the molecule is CC(NC(=O)O)c1cc2cccc(Cl)c2nc1NCc1cccnc1. The van der Waals surface area contributed by atoms with Gasteiger partial charge < -0.3 is 15.7 Å². The van der Waals surface area contributed by atoms with Crippen LogP contribution in [0.1, 0.15) is 24.1 Å². The highest BCUT2D eigenvalue weighted by molar-refractivity contribution is 6.35. The summed E-state index contributed by atoms with van der Waals surface area (Å²) >= 11 is 6.25. The van der Waals surface area contributed by atoms with Crippen LogP contribution in [0.3, 0.4) is 0 Å². The number of hydrogen-bond donors (Lipinski definition) is 3. The van der Waals surface area contributed by atoms with Crippen molar-refractivity contribution in [3.63, 3.8) is 0 Å². The Labute approximate surface area is 149 Å². The lowest BCUT2D eigenvalue weighted by molar-refractivity contribution is 0.191. The molecule has 3 aromatic rings. The summed E-state index contributed by atoms with van der Waals surface area (Å²) in [5, 5.41) is 16.2. The van der Waals surface area contributed by atoms with Crippen LogP contribution in [0.15, 0.2) is 48.8 Å². The predicted octanol–water partition coefficient (Wildman–Crippen LogP) is 4.22. The highest BCUT2D eigenvalue weighted by atomic mass is 35.5. The number of amides is 1. The molecule has 3 rings (SSSR count). The number of nitrogens with zero attached hydrogens (tertiary/aromatic N) is 2. The Morgan fingerprint density at radius 2 is 2.16 bits per heavy atom. The molecule has 0 aliphatic carbocycles. The molecule has 7 heteroatoms. The zero-order chi connectivity index (χ0) is 17.8. The van der Waals surface area contributed by atoms with E-state index in [9.17, 15) is 4.79 Å². The molecule has 128 valence electrons. The molecule has 6 nitrogen and oxygen atoms in total. The first-order chi connectivity index (χ1) is 12.0. The summed E-state index contributed by atoms with van der Waals surface area (Å²) in [6.07, 6.45) is 2.39. The number of aromatic nitrogens is 2. The minimum absolute atomic E-state index is 0.426. The molecule has 1 atom stereocenters. The summed E-state index contributed by atoms with van der Waals surface area (Å²) in [6, 6.07) is 10.8. The number of benzene rings is 1. The van der Waals surface area contributed by atoms with E-state index in [0.29, 0.717) is 22.9 Å². The van der Waals surface area contributed by atoms with Gasteiger partial charge in [0, 0.05) is 29.9 Å². The third-order valence-corrected chi connectivity index (χ3v) is 4.12. The van der Waals surface area contributed by atoms with E-state index < -0.39 is 12.1 Å². The molecule has 2 heterocycles. The predicted molar refractivity (Wildman–Crippen MR) is 97.9 cm³/mol. The van der Waals surface area contributed by atoms with Gasteiger partial charge in [0.05, 0.1) is 16.6 Å². The molecular formula is C18H17ClN4O2. The number of fused-ring (bicyclic) bond motifs is 1. The molecule has 0 fully saturated rings. The van der Waals surface area contributed by atoms with Gasteiger partial charge in [-0.3, -0.25) is 4.98 Å². The van der Waals surface area contributed by atoms with Crippen LogP contribution in [0.5, 0.6) is 0 Å². The second-order valence-electron chi connectivity index (χ2n) is 5.62. The number of carboxylic acid groups (broad SMARTS) is 1. The normalized spacial score (nSPS) is 11.9. The summed E-state index contributed by atoms with van der Waals surface area (Å²) in [5.74, 6) is 0.589. The summed E-state index contributed by atoms with van der Waals surface area (Å²) in [5.41, 5.74) is 2.42. The van der Waals surface area contributed by atoms with Gasteiger partial charge in [0.2, 0.25) is 0 Å². The van der Waals surface area contributed by atoms with E-state index in [2.05, 4.69) is 20.6 Å². The van der Waals surface area contributed by atoms with E-state index in [4.69, 9.17) is 16.7 Å². The number of carbonyl (C=O) groups is 1. The van der Waals surface area contributed by atoms with Gasteiger partial charge in [0.1, 0.15) is 5.82 Å². The zero-order valence-corrected chi connectivity index (χ0v) is 14.3. The standard InChI is InChI=1S/C18H17ClN4O2/c1-11(22-18(24)25)14-8-13-5-2-6-15(19)16(13)23-17(14)21-10-12-4-3-7-20-9-12/h2-9,11,22H,10H2,1H3,(H,21,23)(H,24,25). The molecule has 1 amide bonds. The van der Waals surface area contributed by atoms with Gasteiger partial charge in [-0.25, -0.2) is 9.78 Å². The fourth-order valence-corrected chi connectivity index (χ4v) is 2.83. The fourth-order valence-electron chi connectivity index (χ4n) is 2.60. The smallest absolute Gasteiger partial charge is 0.405 e. The second kappa shape index (κ2) is 7.36. The first-order valence-electron chi connectivity index (χ1n) is 7.76. The van der Waals surface area contributed by atoms with Crippen LogP contribution in [0, 0.1) is 0 Å². The second-order valence-corrected chi connectivity index (χ2v) is 6.03. The lowest BCUT2D eigenvalue weighted by atomic mass is 10.1. The molecule has 0 bridgehead atoms. The fraction of sp³-hybridized carbons (Fsp3) is 0.167. The van der Waals surface area contributed by atoms with Crippen molar-refractivity contribution in [1.29, 1.82) is 0 Å². The maximum Gasteiger partial charge on any atom is 0.405 e. The Hall–Kier alpha value is -2.86. The van der Waals surface area contributed by atoms with Crippen LogP contribution in [0.2, 0.25) is 5.02 Å². The van der Waals surface area contributed by atoms with Gasteiger partial charge >= 0.3 is 6.09 Å². The van der Waals surface area contributed by atoms with E-state index in [1.54, 1.807) is 25.4 Å². The van der Waals surface area contributed by atoms with Gasteiger partial charge in [-0.1, -0.05) is 29.8 Å². The summed E-state index contributed by atoms with van der Waals surface area (Å²) in [6.45, 7) is 2.29. The van der Waals surface area contributed by atoms with Crippen molar-refractivity contribution in [2.24, 2.45) is 0 Å². The van der Waals surface area contributed by atoms with Crippen LogP contribution in [-0.4, -0.2) is 21.2 Å². The Kier molecular flexibility index (Phi) is 5.00. The molecule has 2 aromatic heterocycles. The topological polar surface area (TPSA) is 87.1 Å². The van der Waals surface area contributed by atoms with Gasteiger partial charge in [0.15, 0.2) is 0 Å². The number of para-hydroxylation sites is 1. The van der Waals surface area contributed by atoms with Crippen molar-refractivity contribution >= 4 is 34.4 Å². The Morgan fingerprint density at radius 1 is 1.32 bits per heavy atom. The largest absolute Gasteiger partial charge is 0.465 e. The van der Waals surface area contributed by atoms with Crippen molar-refractivity contribution in [3.05, 3.63) is 64.9 Å². The van der Waals surface area contributed by atoms with E-state index in [-0.39, 0.29) is 0 Å². The van der Waals surface area contributed by atoms with Crippen LogP contribution in [0.25, 0.3) is 10.9 Å². The van der Waals surface area contributed by atoms with Gasteiger partial charge in [-0.05, 0) is 30.7 Å². The van der Waals surface area contributed by atoms with Crippen molar-refractivity contribution in [2.75, 3.05) is 5.32 Å². The van der Waals surface area contributed by atoms with E-state index >= 15 is 0 Å². The number of halogens is 1. The first-order valence-corrected chi connectivity index (χ1v) is 8.14. The number of hydrogen-bond acceptors (Lipinski definition) is 4. The minimum atomic E-state index is -1.09. The third-order valence-electron chi connectivity index (χ3n) is 3.82. The average Bonchev–Trinajstić information content (AvgIpc) is 2.60. The van der Waals surface area contributed by atoms with Gasteiger partial charge in [-0.2, -0.15) is 0 Å². The quantitative estimate of drug-likeness (QED) is 0.637. The molecule has 1 aromatic carbocycles. The maximum absolute atomic E-state index is 11.0. The minimum Gasteiger partial charge on any atom is -0.465 e. The lowest BCUT2D eigenvalue weighted by Crippen LogP contribution is -2.25. The molecule has 1 unspecified atom stereocenters. The molecule has 0 saturated carbocycles. The van der Waals surface area contributed by atoms with Crippen LogP contribution in [-0.2, 0) is 6.54 Å². The Bertz CT molecular complexity index is 902. The highest BCUT2D eigenvalue weighted by Gasteiger charge is 2.16. The van der Waals surface area contributed by atoms with Crippen molar-refractivity contribution in [2.45, 2.75) is 19.5 Å². The highest BCUT2D eigenvalue weighted by Crippen LogP contribution is 2.29. The molecule has 0 radical (unpaired) electrons. The van der Waals surface area contributed by atoms with E-state index in [1.807, 2.05) is 30.3 Å². The monoisotopic (exact) mass is 356 g/mol. The summed E-state index contributed by atoms with van der Waals surface area (Å²) in [7, 11) is 0. The van der Waals surface area contributed by atoms with Crippen molar-refractivity contribution < 1.29 is 9.90 Å². The van der Waals surface area contributed by atoms with Crippen LogP contribution < -0.4 is 10.6 Å². The van der Waals surface area contributed by atoms with Crippen molar-refractivity contribution in [3.8, 4) is 0 Å². The average molecular weight is 357 g/mol. The molecule has 0 saturated heterocycles. The Balaban J connectivity index is 2.00. The summed E-state index contributed by atoms with van der Waals surface area (Å²) in [4.78, 5) is 19.7. The molecule has 0 aliphatic heterocycles. The third kappa shape index (κ3) is 3.97. The molecule has 3 N–H and O–H groups in total. The summed E-state index contributed by atoms with van der Waals surface area (Å²) < 4.78 is 0. The number of anilines is 1. The zero-order valence-electron chi connectivity index (χ0n) is 13.5. The van der Waals surface area contributed by atoms with Crippen LogP contribution >= 0.6 is 11.6 Å². The van der Waals surface area contributed by atoms with E-state index in [0.717, 1.165) is 16.5 Å². The Morgan fingerprint density at radius 3 is 2.88 bits per heavy atom. The molecular weight excluding hydrogens is 340 g/mol. The molecule has 25 heavy (non-hydrogen) atoms. The number of rotatable bonds is 5. The molecule has 0 aliphatic rings. The lowest BCUT2D eigenvalue weighted by Gasteiger charge is -2.18. The first kappa shape index (κ1) is 17.0. The number of pyridine rings is 2. The van der Waals surface area contributed by atoms with Crippen LogP contribution in [0.4, 0.5) is 10.6 Å². The van der Waals surface area contributed by atoms with Gasteiger partial charge in [-0.15, -0.1) is 0 Å². The van der Waals surface area contributed by atoms with Gasteiger partial charge in [0.25, 0.3) is 0 Å². The maximum atomic E-state index is 11.0. The van der Waals surface area contributed by atoms with E-state index in [1.165, 1.54) is 0 Å². The molecule has 0 spiro atoms.